The van der Waals surface area contributed by atoms with Gasteiger partial charge in [-0.15, -0.1) is 11.3 Å². The summed E-state index contributed by atoms with van der Waals surface area (Å²) in [7, 11) is 1.37. The Labute approximate surface area is 310 Å². The van der Waals surface area contributed by atoms with Gasteiger partial charge in [0.15, 0.2) is 11.6 Å². The Morgan fingerprint density at radius 1 is 0.808 bits per heavy atom. The van der Waals surface area contributed by atoms with Crippen LogP contribution in [0.5, 0.6) is 5.75 Å². The molecule has 0 saturated carbocycles. The monoisotopic (exact) mass is 726 g/mol. The largest absolute Gasteiger partial charge is 0.494 e. The van der Waals surface area contributed by atoms with E-state index in [0.29, 0.717) is 17.3 Å². The van der Waals surface area contributed by atoms with E-state index in [4.69, 9.17) is 4.74 Å². The summed E-state index contributed by atoms with van der Waals surface area (Å²) in [5.41, 5.74) is 3.30. The van der Waals surface area contributed by atoms with Crippen molar-refractivity contribution in [3.05, 3.63) is 88.4 Å². The number of Topliss-reactive ketones (excluding diaryl/α,β-unsaturated/α-hetero) is 1. The second kappa shape index (κ2) is 19.1. The molecule has 2 amide bonds. The second-order valence-corrected chi connectivity index (χ2v) is 15.1. The van der Waals surface area contributed by atoms with E-state index in [1.165, 1.54) is 44.1 Å². The maximum Gasteiger partial charge on any atom is 0.305 e. The third kappa shape index (κ3) is 11.8. The van der Waals surface area contributed by atoms with Crippen LogP contribution in [0.3, 0.4) is 0 Å². The number of amides is 2. The van der Waals surface area contributed by atoms with E-state index in [2.05, 4.69) is 48.3 Å². The summed E-state index contributed by atoms with van der Waals surface area (Å²) in [6.07, 6.45) is 9.03. The molecule has 2 atom stereocenters. The Kier molecular flexibility index (Phi) is 14.6. The average Bonchev–Trinajstić information content (AvgIpc) is 3.65. The van der Waals surface area contributed by atoms with Crippen molar-refractivity contribution in [2.24, 2.45) is 5.92 Å². The second-order valence-electron chi connectivity index (χ2n) is 14.0. The fourth-order valence-electron chi connectivity index (χ4n) is 5.66. The number of aliphatic carboxylic acids is 1. The number of nitrogens with zero attached hydrogens (tertiary/aromatic N) is 2. The van der Waals surface area contributed by atoms with Gasteiger partial charge in [0.25, 0.3) is 0 Å². The average molecular weight is 727 g/mol. The molecule has 52 heavy (non-hydrogen) atoms. The van der Waals surface area contributed by atoms with Crippen LogP contribution in [0.15, 0.2) is 73.1 Å². The summed E-state index contributed by atoms with van der Waals surface area (Å²) in [6, 6.07) is 17.8. The van der Waals surface area contributed by atoms with Crippen LogP contribution < -0.4 is 15.4 Å². The maximum atomic E-state index is 13.6. The minimum Gasteiger partial charge on any atom is -0.494 e. The predicted octanol–water partition coefficient (Wildman–Crippen LogP) is 7.66. The number of unbranched alkanes of at least 4 members (excludes halogenated alkanes) is 4. The molecule has 10 nitrogen and oxygen atoms in total. The van der Waals surface area contributed by atoms with Gasteiger partial charge in [-0.1, -0.05) is 89.8 Å². The molecule has 0 radical (unpaired) electrons. The van der Waals surface area contributed by atoms with Crippen LogP contribution in [-0.2, 0) is 26.2 Å². The van der Waals surface area contributed by atoms with Gasteiger partial charge in [0.1, 0.15) is 11.8 Å². The number of ketones is 1. The quantitative estimate of drug-likeness (QED) is 0.0660. The van der Waals surface area contributed by atoms with Gasteiger partial charge in [-0.25, -0.2) is 9.97 Å². The zero-order valence-corrected chi connectivity index (χ0v) is 31.6. The number of likely N-dealkylation sites (N-methyl/N-ethyl adjacent to an activating group) is 1. The van der Waals surface area contributed by atoms with Crippen molar-refractivity contribution in [2.75, 3.05) is 13.7 Å². The summed E-state index contributed by atoms with van der Waals surface area (Å²) in [5.74, 6) is -2.09. The van der Waals surface area contributed by atoms with Gasteiger partial charge in [-0.3, -0.25) is 19.2 Å². The number of hydrogen-bond acceptors (Lipinski definition) is 8. The van der Waals surface area contributed by atoms with E-state index in [1.807, 2.05) is 54.6 Å². The topological polar surface area (TPSA) is 148 Å². The van der Waals surface area contributed by atoms with Crippen molar-refractivity contribution in [1.82, 2.24) is 20.6 Å². The molecule has 2 aromatic heterocycles. The lowest BCUT2D eigenvalue weighted by Crippen LogP contribution is -2.49. The molecule has 0 bridgehead atoms. The van der Waals surface area contributed by atoms with Crippen molar-refractivity contribution < 1.29 is 29.0 Å². The summed E-state index contributed by atoms with van der Waals surface area (Å²) >= 11 is 1.40. The molecule has 0 fully saturated rings. The Hall–Kier alpha value is -4.90. The normalized spacial score (nSPS) is 12.5. The number of ether oxygens (including phenoxy) is 1. The molecule has 0 aliphatic heterocycles. The van der Waals surface area contributed by atoms with Crippen LogP contribution in [0.1, 0.15) is 92.8 Å². The number of rotatable bonds is 19. The third-order valence-electron chi connectivity index (χ3n) is 8.73. The van der Waals surface area contributed by atoms with Crippen molar-refractivity contribution in [2.45, 2.75) is 90.5 Å². The first kappa shape index (κ1) is 39.9. The molecule has 276 valence electrons. The predicted molar refractivity (Wildman–Crippen MR) is 205 cm³/mol. The van der Waals surface area contributed by atoms with E-state index < -0.39 is 36.2 Å². The molecule has 4 rings (SSSR count). The Balaban J connectivity index is 1.44. The first-order valence-electron chi connectivity index (χ1n) is 17.9. The number of nitrogens with one attached hydrogen (secondary N) is 2. The molecular weight excluding hydrogens is 677 g/mol. The molecule has 0 spiro atoms. The fraction of sp³-hybridized carbons (Fsp3) is 0.415. The van der Waals surface area contributed by atoms with Gasteiger partial charge >= 0.3 is 5.97 Å². The van der Waals surface area contributed by atoms with Gasteiger partial charge in [0.2, 0.25) is 11.8 Å². The minimum absolute atomic E-state index is 0.109. The van der Waals surface area contributed by atoms with Crippen molar-refractivity contribution in [1.29, 1.82) is 0 Å². The molecule has 2 heterocycles. The summed E-state index contributed by atoms with van der Waals surface area (Å²) in [6.45, 7) is 9.13. The summed E-state index contributed by atoms with van der Waals surface area (Å²) in [5, 5.41) is 14.3. The number of thiophene rings is 1. The number of carbonyl (C=O) groups excluding carboxylic acids is 3. The zero-order valence-electron chi connectivity index (χ0n) is 30.7. The van der Waals surface area contributed by atoms with E-state index in [1.54, 1.807) is 18.5 Å². The molecule has 0 saturated heterocycles. The zero-order chi connectivity index (χ0) is 37.7. The van der Waals surface area contributed by atoms with Gasteiger partial charge < -0.3 is 20.5 Å². The van der Waals surface area contributed by atoms with Crippen molar-refractivity contribution >= 4 is 34.9 Å². The highest BCUT2D eigenvalue weighted by Crippen LogP contribution is 2.31. The lowest BCUT2D eigenvalue weighted by atomic mass is 9.92. The number of aromatic nitrogens is 2. The van der Waals surface area contributed by atoms with Gasteiger partial charge in [0, 0.05) is 47.8 Å². The van der Waals surface area contributed by atoms with Gasteiger partial charge in [0.05, 0.1) is 17.9 Å². The number of hydrogen-bond donors (Lipinski definition) is 3. The van der Waals surface area contributed by atoms with E-state index in [0.717, 1.165) is 39.3 Å². The lowest BCUT2D eigenvalue weighted by molar-refractivity contribution is -0.140. The SMILES string of the molecule is CCCCCCCOc1ccc(-c2cnc(-c3ccc(C[C@H](CC(=O)c4ccc(C(C)(C)C)s4)C(=O)N[C@H](CC(=O)O)C(=O)NC)cc3)nc2)cc1. The van der Waals surface area contributed by atoms with Gasteiger partial charge in [-0.05, 0) is 53.6 Å². The third-order valence-corrected chi connectivity index (χ3v) is 10.3. The van der Waals surface area contributed by atoms with Crippen LogP contribution in [0.2, 0.25) is 0 Å². The Bertz CT molecular complexity index is 1780. The summed E-state index contributed by atoms with van der Waals surface area (Å²) in [4.78, 5) is 61.6. The highest BCUT2D eigenvalue weighted by atomic mass is 32.1. The number of carbonyl (C=O) groups is 4. The highest BCUT2D eigenvalue weighted by molar-refractivity contribution is 7.14. The van der Waals surface area contributed by atoms with Crippen LogP contribution in [-0.4, -0.2) is 58.3 Å². The molecule has 11 heteroatoms. The lowest BCUT2D eigenvalue weighted by Gasteiger charge is -2.21. The highest BCUT2D eigenvalue weighted by Gasteiger charge is 2.30. The molecule has 0 aliphatic carbocycles. The fourth-order valence-corrected chi connectivity index (χ4v) is 6.67. The van der Waals surface area contributed by atoms with Crippen molar-refractivity contribution in [3.63, 3.8) is 0 Å². The molecule has 0 unspecified atom stereocenters. The van der Waals surface area contributed by atoms with Gasteiger partial charge in [-0.2, -0.15) is 0 Å². The summed E-state index contributed by atoms with van der Waals surface area (Å²) < 4.78 is 5.89. The maximum absolute atomic E-state index is 13.6. The van der Waals surface area contributed by atoms with E-state index >= 15 is 0 Å². The molecule has 3 N–H and O–H groups in total. The number of benzene rings is 2. The molecule has 0 aliphatic rings. The number of carboxylic acids is 1. The van der Waals surface area contributed by atoms with E-state index in [-0.39, 0.29) is 24.0 Å². The van der Waals surface area contributed by atoms with Crippen molar-refractivity contribution in [3.8, 4) is 28.3 Å². The molecular formula is C41H50N4O6S. The Morgan fingerprint density at radius 2 is 1.46 bits per heavy atom. The Morgan fingerprint density at radius 3 is 2.06 bits per heavy atom. The number of carboxylic acid groups (broad SMARTS) is 1. The first-order valence-corrected chi connectivity index (χ1v) is 18.7. The standard InChI is InChI=1S/C41H50N4O6S/c1-6-7-8-9-10-21-51-32-17-15-28(16-18-32)31-25-43-38(44-26-31)29-13-11-27(12-14-29)22-30(39(49)45-33(24-37(47)48)40(50)42-5)23-34(46)35-19-20-36(52-35)41(2,3)4/h11-20,25-26,30,33H,6-10,21-24H2,1-5H3,(H,42,50)(H,45,49)(H,47,48)/t30-,33-/m1/s1. The van der Waals surface area contributed by atoms with Crippen LogP contribution in [0.25, 0.3) is 22.5 Å². The first-order chi connectivity index (χ1) is 24.9. The van der Waals surface area contributed by atoms with Crippen LogP contribution in [0, 0.1) is 5.92 Å². The van der Waals surface area contributed by atoms with Crippen LogP contribution >= 0.6 is 11.3 Å². The minimum atomic E-state index is -1.28. The van der Waals surface area contributed by atoms with E-state index in [9.17, 15) is 24.3 Å². The smallest absolute Gasteiger partial charge is 0.305 e. The van der Waals surface area contributed by atoms with Crippen LogP contribution in [0.4, 0.5) is 0 Å². The molecule has 2 aromatic carbocycles. The molecule has 4 aromatic rings.